The quantitative estimate of drug-likeness (QED) is 0.228. The van der Waals surface area contributed by atoms with Crippen molar-refractivity contribution < 1.29 is 10.0 Å². The minimum absolute atomic E-state index is 0.0746. The van der Waals surface area contributed by atoms with Gasteiger partial charge >= 0.3 is 0 Å². The van der Waals surface area contributed by atoms with Gasteiger partial charge in [-0.15, -0.1) is 0 Å². The monoisotopic (exact) mass is 235 g/mol. The van der Waals surface area contributed by atoms with Crippen molar-refractivity contribution in [3.63, 3.8) is 0 Å². The number of benzene rings is 1. The van der Waals surface area contributed by atoms with Gasteiger partial charge < -0.3 is 16.3 Å². The first-order chi connectivity index (χ1) is 8.24. The molecule has 1 aromatic rings. The van der Waals surface area contributed by atoms with Gasteiger partial charge in [0.05, 0.1) is 0 Å². The molecule has 0 bridgehead atoms. The predicted octanol–water partition coefficient (Wildman–Crippen LogP) is 1.33. The van der Waals surface area contributed by atoms with Crippen LogP contribution in [0, 0.1) is 0 Å². The summed E-state index contributed by atoms with van der Waals surface area (Å²) in [6, 6.07) is 9.06. The third-order valence-corrected chi connectivity index (χ3v) is 2.31. The second-order valence-electron chi connectivity index (χ2n) is 3.67. The highest BCUT2D eigenvalue weighted by Crippen LogP contribution is 1.99. The fourth-order valence-electron chi connectivity index (χ4n) is 1.37. The summed E-state index contributed by atoms with van der Waals surface area (Å²) in [6.07, 6.45) is 2.12. The minimum Gasteiger partial charge on any atom is -0.409 e. The summed E-state index contributed by atoms with van der Waals surface area (Å²) in [5.41, 5.74) is 5.98. The van der Waals surface area contributed by atoms with Gasteiger partial charge in [0.2, 0.25) is 0 Å². The molecule has 0 atom stereocenters. The number of nitrogens with one attached hydrogen (secondary N) is 1. The second kappa shape index (κ2) is 7.27. The lowest BCUT2D eigenvalue weighted by Crippen LogP contribution is -2.24. The molecule has 0 radical (unpaired) electrons. The number of hydrogen-bond acceptors (Lipinski definition) is 3. The summed E-state index contributed by atoms with van der Waals surface area (Å²) >= 11 is 0. The van der Waals surface area contributed by atoms with E-state index in [9.17, 15) is 4.79 Å². The molecule has 0 aliphatic heterocycles. The van der Waals surface area contributed by atoms with Gasteiger partial charge in [-0.05, 0) is 25.0 Å². The van der Waals surface area contributed by atoms with Crippen LogP contribution >= 0.6 is 0 Å². The Balaban J connectivity index is 2.17. The van der Waals surface area contributed by atoms with E-state index >= 15 is 0 Å². The Labute approximate surface area is 100 Å². The van der Waals surface area contributed by atoms with E-state index in [-0.39, 0.29) is 11.7 Å². The SMILES string of the molecule is NC(CCCCNC(=O)c1ccccc1)=NO. The molecule has 0 unspecified atom stereocenters. The largest absolute Gasteiger partial charge is 0.409 e. The van der Waals surface area contributed by atoms with Crippen molar-refractivity contribution in [2.45, 2.75) is 19.3 Å². The standard InChI is InChI=1S/C12H17N3O2/c13-11(15-17)8-4-5-9-14-12(16)10-6-2-1-3-7-10/h1-3,6-7,17H,4-5,8-9H2,(H2,13,15)(H,14,16). The highest BCUT2D eigenvalue weighted by Gasteiger charge is 2.02. The van der Waals surface area contributed by atoms with Crippen molar-refractivity contribution in [1.29, 1.82) is 0 Å². The van der Waals surface area contributed by atoms with Gasteiger partial charge in [0.15, 0.2) is 0 Å². The van der Waals surface area contributed by atoms with Crippen LogP contribution in [0.3, 0.4) is 0 Å². The molecule has 5 heteroatoms. The average molecular weight is 235 g/mol. The number of rotatable bonds is 6. The van der Waals surface area contributed by atoms with Crippen LogP contribution in [0.4, 0.5) is 0 Å². The van der Waals surface area contributed by atoms with E-state index in [1.165, 1.54) is 0 Å². The van der Waals surface area contributed by atoms with Gasteiger partial charge in [0.25, 0.3) is 5.91 Å². The predicted molar refractivity (Wildman–Crippen MR) is 66.0 cm³/mol. The molecule has 1 rings (SSSR count). The first kappa shape index (κ1) is 13.0. The van der Waals surface area contributed by atoms with Gasteiger partial charge in [-0.1, -0.05) is 23.4 Å². The van der Waals surface area contributed by atoms with Crippen LogP contribution in [0.5, 0.6) is 0 Å². The van der Waals surface area contributed by atoms with Crippen molar-refractivity contribution in [3.8, 4) is 0 Å². The van der Waals surface area contributed by atoms with E-state index in [1.807, 2.05) is 18.2 Å². The molecule has 0 saturated heterocycles. The van der Waals surface area contributed by atoms with Crippen LogP contribution in [0.25, 0.3) is 0 Å². The summed E-state index contributed by atoms with van der Waals surface area (Å²) in [5, 5.41) is 14.0. The Kier molecular flexibility index (Phi) is 5.57. The summed E-state index contributed by atoms with van der Waals surface area (Å²) < 4.78 is 0. The number of carbonyl (C=O) groups is 1. The molecule has 0 saturated carbocycles. The fraction of sp³-hybridized carbons (Fsp3) is 0.333. The molecule has 92 valence electrons. The summed E-state index contributed by atoms with van der Waals surface area (Å²) in [6.45, 7) is 0.590. The number of amides is 1. The van der Waals surface area contributed by atoms with E-state index in [0.717, 1.165) is 12.8 Å². The lowest BCUT2D eigenvalue weighted by atomic mass is 10.2. The van der Waals surface area contributed by atoms with Crippen molar-refractivity contribution >= 4 is 11.7 Å². The molecular weight excluding hydrogens is 218 g/mol. The number of amidine groups is 1. The van der Waals surface area contributed by atoms with Crippen LogP contribution in [-0.4, -0.2) is 23.5 Å². The maximum Gasteiger partial charge on any atom is 0.251 e. The third kappa shape index (κ3) is 5.01. The highest BCUT2D eigenvalue weighted by molar-refractivity contribution is 5.94. The van der Waals surface area contributed by atoms with Gasteiger partial charge in [0, 0.05) is 18.5 Å². The van der Waals surface area contributed by atoms with Crippen LogP contribution in [-0.2, 0) is 0 Å². The maximum absolute atomic E-state index is 11.6. The number of nitrogens with two attached hydrogens (primary N) is 1. The average Bonchev–Trinajstić information content (AvgIpc) is 2.38. The fourth-order valence-corrected chi connectivity index (χ4v) is 1.37. The topological polar surface area (TPSA) is 87.7 Å². The Morgan fingerprint density at radius 2 is 2.00 bits per heavy atom. The summed E-state index contributed by atoms with van der Waals surface area (Å²) in [7, 11) is 0. The van der Waals surface area contributed by atoms with Crippen molar-refractivity contribution in [1.82, 2.24) is 5.32 Å². The van der Waals surface area contributed by atoms with E-state index < -0.39 is 0 Å². The van der Waals surface area contributed by atoms with E-state index in [4.69, 9.17) is 10.9 Å². The van der Waals surface area contributed by atoms with Crippen molar-refractivity contribution in [2.24, 2.45) is 10.9 Å². The van der Waals surface area contributed by atoms with Gasteiger partial charge in [-0.2, -0.15) is 0 Å². The number of nitrogens with zero attached hydrogens (tertiary/aromatic N) is 1. The zero-order chi connectivity index (χ0) is 12.5. The molecule has 0 spiro atoms. The first-order valence-corrected chi connectivity index (χ1v) is 5.53. The molecule has 1 amide bonds. The van der Waals surface area contributed by atoms with Crippen LogP contribution in [0.1, 0.15) is 29.6 Å². The Morgan fingerprint density at radius 1 is 1.29 bits per heavy atom. The van der Waals surface area contributed by atoms with Crippen molar-refractivity contribution in [2.75, 3.05) is 6.54 Å². The molecular formula is C12H17N3O2. The Hall–Kier alpha value is -2.04. The normalized spacial score (nSPS) is 11.2. The summed E-state index contributed by atoms with van der Waals surface area (Å²) in [5.74, 6) is 0.147. The van der Waals surface area contributed by atoms with E-state index in [1.54, 1.807) is 12.1 Å². The molecule has 0 aliphatic rings. The molecule has 0 aliphatic carbocycles. The third-order valence-electron chi connectivity index (χ3n) is 2.31. The Bertz CT molecular complexity index is 377. The number of carbonyl (C=O) groups excluding carboxylic acids is 1. The number of unbranched alkanes of at least 4 members (excludes halogenated alkanes) is 1. The van der Waals surface area contributed by atoms with Gasteiger partial charge in [-0.3, -0.25) is 4.79 Å². The molecule has 0 aromatic heterocycles. The Morgan fingerprint density at radius 3 is 2.65 bits per heavy atom. The van der Waals surface area contributed by atoms with Gasteiger partial charge in [-0.25, -0.2) is 0 Å². The molecule has 1 aromatic carbocycles. The summed E-state index contributed by atoms with van der Waals surface area (Å²) in [4.78, 5) is 11.6. The molecule has 0 heterocycles. The molecule has 4 N–H and O–H groups in total. The first-order valence-electron chi connectivity index (χ1n) is 5.53. The second-order valence-corrected chi connectivity index (χ2v) is 3.67. The molecule has 17 heavy (non-hydrogen) atoms. The zero-order valence-electron chi connectivity index (χ0n) is 9.60. The maximum atomic E-state index is 11.6. The van der Waals surface area contributed by atoms with E-state index in [2.05, 4.69) is 10.5 Å². The molecule has 0 fully saturated rings. The van der Waals surface area contributed by atoms with Gasteiger partial charge in [0.1, 0.15) is 5.84 Å². The van der Waals surface area contributed by atoms with Crippen LogP contribution in [0.15, 0.2) is 35.5 Å². The van der Waals surface area contributed by atoms with E-state index in [0.29, 0.717) is 18.5 Å². The zero-order valence-corrected chi connectivity index (χ0v) is 9.60. The van der Waals surface area contributed by atoms with Crippen LogP contribution < -0.4 is 11.1 Å². The smallest absolute Gasteiger partial charge is 0.251 e. The van der Waals surface area contributed by atoms with Crippen molar-refractivity contribution in [3.05, 3.63) is 35.9 Å². The lowest BCUT2D eigenvalue weighted by Gasteiger charge is -2.04. The lowest BCUT2D eigenvalue weighted by molar-refractivity contribution is 0.0953. The molecule has 5 nitrogen and oxygen atoms in total. The van der Waals surface area contributed by atoms with Crippen LogP contribution in [0.2, 0.25) is 0 Å². The minimum atomic E-state index is -0.0746. The number of hydrogen-bond donors (Lipinski definition) is 3. The number of oxime groups is 1. The highest BCUT2D eigenvalue weighted by atomic mass is 16.4.